The molecule has 2 unspecified atom stereocenters. The minimum Gasteiger partial charge on any atom is -0.506 e. The van der Waals surface area contributed by atoms with E-state index in [1.54, 1.807) is 6.07 Å². The molecule has 0 aliphatic carbocycles. The van der Waals surface area contributed by atoms with Crippen molar-refractivity contribution in [3.63, 3.8) is 0 Å². The van der Waals surface area contributed by atoms with E-state index in [2.05, 4.69) is 139 Å². The normalized spacial score (nSPS) is 18.2. The molecule has 0 radical (unpaired) electrons. The van der Waals surface area contributed by atoms with Crippen LogP contribution in [0.3, 0.4) is 0 Å². The second-order valence-electron chi connectivity index (χ2n) is 12.1. The molecule has 5 N–H and O–H groups in total. The summed E-state index contributed by atoms with van der Waals surface area (Å²) in [5.41, 5.74) is 12.4. The first kappa shape index (κ1) is 27.7. The second-order valence-corrected chi connectivity index (χ2v) is 12.1. The number of anilines is 7. The number of nitrogen functional groups attached to an aromatic ring is 1. The molecule has 2 atom stereocenters. The van der Waals surface area contributed by atoms with Crippen LogP contribution in [0.25, 0.3) is 0 Å². The third-order valence-corrected chi connectivity index (χ3v) is 8.94. The molecule has 7 rings (SSSR count). The van der Waals surface area contributed by atoms with Gasteiger partial charge in [-0.25, -0.2) is 18.3 Å². The summed E-state index contributed by atoms with van der Waals surface area (Å²) < 4.78 is 8.78. The Kier molecular flexibility index (Phi) is 7.25. The van der Waals surface area contributed by atoms with Gasteiger partial charge < -0.3 is 31.3 Å². The van der Waals surface area contributed by atoms with Crippen LogP contribution < -0.4 is 35.3 Å². The van der Waals surface area contributed by atoms with E-state index in [4.69, 9.17) is 5.73 Å². The number of rotatable bonds is 8. The number of aromatic hydroxyl groups is 1. The number of phenols is 1. The lowest BCUT2D eigenvalue weighted by molar-refractivity contribution is -0.671. The first-order chi connectivity index (χ1) is 21.4. The zero-order valence-corrected chi connectivity index (χ0v) is 25.3. The van der Waals surface area contributed by atoms with Gasteiger partial charge in [-0.3, -0.25) is 0 Å². The van der Waals surface area contributed by atoms with Crippen molar-refractivity contribution in [2.45, 2.75) is 24.9 Å². The second kappa shape index (κ2) is 11.5. The van der Waals surface area contributed by atoms with Crippen LogP contribution in [0.4, 0.5) is 39.8 Å². The smallest absolute Gasteiger partial charge is 0.243 e. The lowest BCUT2D eigenvalue weighted by atomic mass is 10.2. The number of hydrogen-bond acceptors (Lipinski definition) is 6. The van der Waals surface area contributed by atoms with Gasteiger partial charge in [0.25, 0.3) is 0 Å². The van der Waals surface area contributed by atoms with Gasteiger partial charge in [0.15, 0.2) is 0 Å². The summed E-state index contributed by atoms with van der Waals surface area (Å²) >= 11 is 0. The maximum atomic E-state index is 10.7. The lowest BCUT2D eigenvalue weighted by Crippen LogP contribution is -2.25. The molecule has 2 fully saturated rings. The summed E-state index contributed by atoms with van der Waals surface area (Å²) in [6.45, 7) is 4.04. The molecule has 0 bridgehead atoms. The van der Waals surface area contributed by atoms with Gasteiger partial charge in [-0.1, -0.05) is 0 Å². The Hall–Kier alpha value is -5.12. The van der Waals surface area contributed by atoms with Crippen LogP contribution in [-0.4, -0.2) is 40.4 Å². The van der Waals surface area contributed by atoms with Crippen LogP contribution in [0, 0.1) is 0 Å². The summed E-state index contributed by atoms with van der Waals surface area (Å²) in [6.07, 6.45) is 15.0. The van der Waals surface area contributed by atoms with E-state index in [1.807, 2.05) is 6.07 Å². The first-order valence-electron chi connectivity index (χ1n) is 15.3. The van der Waals surface area contributed by atoms with E-state index in [9.17, 15) is 5.11 Å². The van der Waals surface area contributed by atoms with Crippen LogP contribution in [-0.2, 0) is 14.1 Å². The highest BCUT2D eigenvalue weighted by molar-refractivity contribution is 5.82. The van der Waals surface area contributed by atoms with E-state index in [0.29, 0.717) is 23.5 Å². The number of aryl methyl sites for hydroxylation is 2. The van der Waals surface area contributed by atoms with Gasteiger partial charge in [-0.15, -0.1) is 0 Å². The lowest BCUT2D eigenvalue weighted by Gasteiger charge is -2.19. The quantitative estimate of drug-likeness (QED) is 0.0911. The number of imidazole rings is 2. The Labute approximate surface area is 258 Å². The SMILES string of the molecule is C[n+]1ccn(C2CCN(c3ccc(Nc4cc(Nc5ccc(N6CCC(n7cc[n+](C)c7)C6)cc5)c(O)cc4N)cc3)C2)c1. The largest absolute Gasteiger partial charge is 0.506 e. The molecule has 4 heterocycles. The highest BCUT2D eigenvalue weighted by atomic mass is 16.3. The summed E-state index contributed by atoms with van der Waals surface area (Å²) in [4.78, 5) is 4.85. The minimum absolute atomic E-state index is 0.106. The molecule has 2 aromatic heterocycles. The topological polar surface area (TPSA) is 94.4 Å². The number of nitrogens with zero attached hydrogens (tertiary/aromatic N) is 6. The molecule has 2 saturated heterocycles. The minimum atomic E-state index is 0.106. The number of nitrogens with one attached hydrogen (secondary N) is 2. The fourth-order valence-corrected chi connectivity index (χ4v) is 6.45. The van der Waals surface area contributed by atoms with E-state index in [-0.39, 0.29) is 5.75 Å². The van der Waals surface area contributed by atoms with Crippen molar-refractivity contribution in [3.8, 4) is 5.75 Å². The fourth-order valence-electron chi connectivity index (χ4n) is 6.45. The summed E-state index contributed by atoms with van der Waals surface area (Å²) in [7, 11) is 4.11. The molecule has 2 aliphatic heterocycles. The Bertz CT molecular complexity index is 1620. The molecular weight excluding hydrogens is 550 g/mol. The monoisotopic (exact) mass is 591 g/mol. The molecule has 10 heteroatoms. The van der Waals surface area contributed by atoms with E-state index < -0.39 is 0 Å². The van der Waals surface area contributed by atoms with Crippen molar-refractivity contribution in [3.05, 3.63) is 98.1 Å². The van der Waals surface area contributed by atoms with Gasteiger partial charge in [0.1, 0.15) is 42.6 Å². The number of phenolic OH excluding ortho intramolecular Hbond substituents is 1. The standard InChI is InChI=1S/C34H40N9O/c1-38-15-17-42(23-38)29-11-13-40(21-29)27-7-3-25(4-8-27)36-32-20-33(34(44)19-31(32)35)37-26-5-9-28(10-6-26)41-14-12-30(22-41)43-18-16-39(2)24-43/h3-10,15-20,23-24,29-30,36-37H,11-14,21-22,35H2,1-2H3/q+1/p+1. The van der Waals surface area contributed by atoms with Crippen molar-refractivity contribution in [2.75, 3.05) is 52.3 Å². The van der Waals surface area contributed by atoms with Crippen LogP contribution >= 0.6 is 0 Å². The summed E-state index contributed by atoms with van der Waals surface area (Å²) in [5.74, 6) is 0.106. The van der Waals surface area contributed by atoms with Crippen molar-refractivity contribution < 1.29 is 14.2 Å². The van der Waals surface area contributed by atoms with E-state index in [0.717, 1.165) is 56.1 Å². The molecule has 44 heavy (non-hydrogen) atoms. The fraction of sp³-hybridized carbons (Fsp3) is 0.294. The Morgan fingerprint density at radius 1 is 0.705 bits per heavy atom. The third-order valence-electron chi connectivity index (χ3n) is 8.94. The van der Waals surface area contributed by atoms with Crippen molar-refractivity contribution in [1.29, 1.82) is 0 Å². The van der Waals surface area contributed by atoms with E-state index in [1.165, 1.54) is 11.4 Å². The molecule has 2 aliphatic rings. The predicted molar refractivity (Wildman–Crippen MR) is 175 cm³/mol. The molecule has 10 nitrogen and oxygen atoms in total. The zero-order valence-electron chi connectivity index (χ0n) is 25.3. The molecule has 0 saturated carbocycles. The van der Waals surface area contributed by atoms with Gasteiger partial charge in [0.05, 0.1) is 44.2 Å². The number of benzene rings is 3. The molecule has 226 valence electrons. The number of aromatic nitrogens is 4. The predicted octanol–water partition coefficient (Wildman–Crippen LogP) is 4.62. The van der Waals surface area contributed by atoms with Gasteiger partial charge in [-0.05, 0) is 54.6 Å². The first-order valence-corrected chi connectivity index (χ1v) is 15.3. The molecule has 5 aromatic rings. The molecule has 0 spiro atoms. The van der Waals surface area contributed by atoms with Crippen LogP contribution in [0.15, 0.2) is 98.1 Å². The summed E-state index contributed by atoms with van der Waals surface area (Å²) in [5, 5.41) is 17.5. The number of nitrogens with two attached hydrogens (primary N) is 1. The average Bonchev–Trinajstić information content (AvgIpc) is 3.84. The van der Waals surface area contributed by atoms with Crippen molar-refractivity contribution >= 4 is 39.8 Å². The highest BCUT2D eigenvalue weighted by Crippen LogP contribution is 2.37. The van der Waals surface area contributed by atoms with Gasteiger partial charge in [0, 0.05) is 54.7 Å². The Morgan fingerprint density at radius 2 is 1.18 bits per heavy atom. The van der Waals surface area contributed by atoms with Crippen LogP contribution in [0.1, 0.15) is 24.9 Å². The van der Waals surface area contributed by atoms with Gasteiger partial charge in [-0.2, -0.15) is 0 Å². The number of hydrogen-bond donors (Lipinski definition) is 4. The highest BCUT2D eigenvalue weighted by Gasteiger charge is 2.28. The van der Waals surface area contributed by atoms with Crippen molar-refractivity contribution in [1.82, 2.24) is 9.13 Å². The van der Waals surface area contributed by atoms with Gasteiger partial charge >= 0.3 is 0 Å². The molecule has 3 aromatic carbocycles. The average molecular weight is 592 g/mol. The third kappa shape index (κ3) is 5.75. The van der Waals surface area contributed by atoms with Crippen molar-refractivity contribution in [2.24, 2.45) is 14.1 Å². The maximum absolute atomic E-state index is 10.7. The van der Waals surface area contributed by atoms with Crippen LogP contribution in [0.2, 0.25) is 0 Å². The molecule has 0 amide bonds. The van der Waals surface area contributed by atoms with E-state index >= 15 is 0 Å². The van der Waals surface area contributed by atoms with Gasteiger partial charge in [0.2, 0.25) is 12.7 Å². The summed E-state index contributed by atoms with van der Waals surface area (Å²) in [6, 6.07) is 21.3. The Balaban J connectivity index is 0.986. The Morgan fingerprint density at radius 3 is 1.64 bits per heavy atom. The van der Waals surface area contributed by atoms with Crippen LogP contribution in [0.5, 0.6) is 5.75 Å². The maximum Gasteiger partial charge on any atom is 0.243 e. The molecular formula is C34H41N9O+2. The zero-order chi connectivity index (χ0) is 30.2.